The van der Waals surface area contributed by atoms with Crippen LogP contribution < -0.4 is 5.22 Å². The summed E-state index contributed by atoms with van der Waals surface area (Å²) in [6.07, 6.45) is 2.73. The molecule has 0 saturated carbocycles. The van der Waals surface area contributed by atoms with Crippen molar-refractivity contribution in [3.05, 3.63) is 41.7 Å². The van der Waals surface area contributed by atoms with Gasteiger partial charge in [-0.05, 0) is 29.0 Å². The largest absolute Gasteiger partial charge is 0.515 e. The van der Waals surface area contributed by atoms with E-state index in [1.165, 1.54) is 0 Å². The van der Waals surface area contributed by atoms with Gasteiger partial charge in [-0.25, -0.2) is 0 Å². The van der Waals surface area contributed by atoms with Gasteiger partial charge in [-0.3, -0.25) is 4.98 Å². The van der Waals surface area contributed by atoms with E-state index < -0.39 is 0 Å². The average molecular weight is 211 g/mol. The fourth-order valence-electron chi connectivity index (χ4n) is 2.04. The molecule has 1 heterocycles. The number of phenolic OH excluding ortho intramolecular Hbond substituents is 1. The van der Waals surface area contributed by atoms with Crippen LogP contribution in [-0.4, -0.2) is 15.2 Å². The summed E-state index contributed by atoms with van der Waals surface area (Å²) in [5.74, 6) is 0.160. The maximum Gasteiger partial charge on any atom is 0.141 e. The number of aliphatic hydroxyl groups excluding tert-OH is 1. The van der Waals surface area contributed by atoms with Gasteiger partial charge >= 0.3 is 0 Å². The Kier molecular flexibility index (Phi) is 1.74. The molecule has 0 amide bonds. The molecule has 0 unspecified atom stereocenters. The molecule has 0 saturated heterocycles. The second-order valence-electron chi connectivity index (χ2n) is 3.67. The number of aliphatic hydroxyl groups is 1. The summed E-state index contributed by atoms with van der Waals surface area (Å²) in [6, 6.07) is 9.01. The highest BCUT2D eigenvalue weighted by molar-refractivity contribution is 6.10. The van der Waals surface area contributed by atoms with Crippen LogP contribution in [0.4, 0.5) is 0 Å². The van der Waals surface area contributed by atoms with Gasteiger partial charge in [0, 0.05) is 16.8 Å². The third-order valence-corrected chi connectivity index (χ3v) is 2.80. The standard InChI is InChI=1S/C13H9NO2/c15-7-9-2-1-8-5-6-14-13-11(16)4-3-10(9)12(8)13/h1-7,15-16H. The lowest BCUT2D eigenvalue weighted by Crippen LogP contribution is -2.02. The van der Waals surface area contributed by atoms with E-state index in [-0.39, 0.29) is 5.75 Å². The summed E-state index contributed by atoms with van der Waals surface area (Å²) in [7, 11) is 0. The van der Waals surface area contributed by atoms with Crippen LogP contribution >= 0.6 is 0 Å². The van der Waals surface area contributed by atoms with Gasteiger partial charge in [-0.15, -0.1) is 0 Å². The van der Waals surface area contributed by atoms with E-state index >= 15 is 0 Å². The van der Waals surface area contributed by atoms with E-state index in [4.69, 9.17) is 5.11 Å². The minimum absolute atomic E-state index is 0.160. The normalized spacial score (nSPS) is 12.6. The molecule has 0 aliphatic rings. The number of hydrogen-bond donors (Lipinski definition) is 2. The topological polar surface area (TPSA) is 53.4 Å². The molecule has 78 valence electrons. The third kappa shape index (κ3) is 1.05. The monoisotopic (exact) mass is 211 g/mol. The highest BCUT2D eigenvalue weighted by Crippen LogP contribution is 2.28. The summed E-state index contributed by atoms with van der Waals surface area (Å²) < 4.78 is 0. The number of phenols is 1. The first-order valence-corrected chi connectivity index (χ1v) is 4.95. The van der Waals surface area contributed by atoms with E-state index in [0.29, 0.717) is 5.52 Å². The van der Waals surface area contributed by atoms with Gasteiger partial charge in [-0.1, -0.05) is 12.1 Å². The van der Waals surface area contributed by atoms with Gasteiger partial charge in [0.1, 0.15) is 11.3 Å². The average Bonchev–Trinajstić information content (AvgIpc) is 2.34. The molecular formula is C13H9NO2. The fourth-order valence-corrected chi connectivity index (χ4v) is 2.04. The second kappa shape index (κ2) is 3.10. The predicted molar refractivity (Wildman–Crippen MR) is 63.2 cm³/mol. The molecule has 1 aromatic heterocycles. The van der Waals surface area contributed by atoms with Crippen molar-refractivity contribution in [1.82, 2.24) is 4.98 Å². The van der Waals surface area contributed by atoms with Gasteiger partial charge < -0.3 is 10.2 Å². The maximum absolute atomic E-state index is 9.73. The molecule has 3 aromatic rings. The van der Waals surface area contributed by atoms with Crippen molar-refractivity contribution >= 4 is 27.9 Å². The number of nitrogens with zero attached hydrogens (tertiary/aromatic N) is 1. The molecule has 2 N–H and O–H groups in total. The van der Waals surface area contributed by atoms with E-state index in [9.17, 15) is 5.11 Å². The van der Waals surface area contributed by atoms with Crippen molar-refractivity contribution in [3.63, 3.8) is 0 Å². The van der Waals surface area contributed by atoms with E-state index in [0.717, 1.165) is 27.6 Å². The summed E-state index contributed by atoms with van der Waals surface area (Å²) in [5, 5.41) is 22.4. The Morgan fingerprint density at radius 1 is 1.06 bits per heavy atom. The number of aromatic hydroxyl groups is 1. The molecule has 0 bridgehead atoms. The van der Waals surface area contributed by atoms with Gasteiger partial charge in [0.25, 0.3) is 0 Å². The molecule has 2 aromatic carbocycles. The molecule has 0 aliphatic heterocycles. The number of rotatable bonds is 0. The lowest BCUT2D eigenvalue weighted by Gasteiger charge is -2.06. The first-order valence-electron chi connectivity index (χ1n) is 4.95. The Labute approximate surface area is 91.3 Å². The molecule has 3 heteroatoms. The Morgan fingerprint density at radius 2 is 1.94 bits per heavy atom. The van der Waals surface area contributed by atoms with Crippen LogP contribution in [0.3, 0.4) is 0 Å². The molecule has 0 fully saturated rings. The maximum atomic E-state index is 9.73. The fraction of sp³-hybridized carbons (Fsp3) is 0. The van der Waals surface area contributed by atoms with Crippen molar-refractivity contribution in [2.24, 2.45) is 0 Å². The van der Waals surface area contributed by atoms with Crippen LogP contribution in [0.25, 0.3) is 27.9 Å². The molecule has 3 rings (SSSR count). The van der Waals surface area contributed by atoms with E-state index in [1.807, 2.05) is 18.2 Å². The van der Waals surface area contributed by atoms with Gasteiger partial charge in [0.15, 0.2) is 0 Å². The Morgan fingerprint density at radius 3 is 2.75 bits per heavy atom. The number of hydrogen-bond acceptors (Lipinski definition) is 3. The zero-order chi connectivity index (χ0) is 11.1. The zero-order valence-corrected chi connectivity index (χ0v) is 8.38. The van der Waals surface area contributed by atoms with E-state index in [1.54, 1.807) is 18.3 Å². The van der Waals surface area contributed by atoms with Gasteiger partial charge in [0.2, 0.25) is 0 Å². The van der Waals surface area contributed by atoms with Crippen LogP contribution in [0.5, 0.6) is 5.75 Å². The first kappa shape index (κ1) is 8.97. The molecule has 0 radical (unpaired) electrons. The highest BCUT2D eigenvalue weighted by Gasteiger charge is 2.07. The van der Waals surface area contributed by atoms with Gasteiger partial charge in [0.05, 0.1) is 6.26 Å². The molecular weight excluding hydrogens is 202 g/mol. The first-order chi connectivity index (χ1) is 7.81. The molecule has 3 nitrogen and oxygen atoms in total. The second-order valence-corrected chi connectivity index (χ2v) is 3.67. The summed E-state index contributed by atoms with van der Waals surface area (Å²) in [4.78, 5) is 4.16. The van der Waals surface area contributed by atoms with Crippen molar-refractivity contribution in [2.45, 2.75) is 0 Å². The van der Waals surface area contributed by atoms with Crippen molar-refractivity contribution in [1.29, 1.82) is 0 Å². The molecule has 0 aliphatic carbocycles. The lowest BCUT2D eigenvalue weighted by molar-refractivity contribution is 0.480. The van der Waals surface area contributed by atoms with Crippen LogP contribution in [0.2, 0.25) is 0 Å². The zero-order valence-electron chi connectivity index (χ0n) is 8.38. The Balaban J connectivity index is 2.73. The third-order valence-electron chi connectivity index (χ3n) is 2.80. The quantitative estimate of drug-likeness (QED) is 0.598. The number of aromatic nitrogens is 1. The minimum atomic E-state index is 0.160. The molecule has 0 atom stereocenters. The van der Waals surface area contributed by atoms with Crippen LogP contribution in [-0.2, 0) is 0 Å². The van der Waals surface area contributed by atoms with Crippen molar-refractivity contribution in [2.75, 3.05) is 0 Å². The van der Waals surface area contributed by atoms with Crippen molar-refractivity contribution in [3.8, 4) is 5.75 Å². The predicted octanol–water partition coefficient (Wildman–Crippen LogP) is 2.11. The Bertz CT molecular complexity index is 734. The highest BCUT2D eigenvalue weighted by atomic mass is 16.3. The number of benzene rings is 2. The van der Waals surface area contributed by atoms with Crippen LogP contribution in [0, 0.1) is 0 Å². The smallest absolute Gasteiger partial charge is 0.141 e. The molecule has 16 heavy (non-hydrogen) atoms. The molecule has 0 spiro atoms. The van der Waals surface area contributed by atoms with Gasteiger partial charge in [-0.2, -0.15) is 0 Å². The summed E-state index contributed by atoms with van der Waals surface area (Å²) >= 11 is 0. The summed E-state index contributed by atoms with van der Waals surface area (Å²) in [6.45, 7) is 0. The lowest BCUT2D eigenvalue weighted by atomic mass is 10.0. The van der Waals surface area contributed by atoms with Crippen molar-refractivity contribution < 1.29 is 10.2 Å². The SMILES string of the molecule is OC=c1ccc2ccnc3c(O)ccc1c23. The minimum Gasteiger partial charge on any atom is -0.515 e. The number of pyridine rings is 1. The van der Waals surface area contributed by atoms with Crippen LogP contribution in [0.1, 0.15) is 0 Å². The Hall–Kier alpha value is -2.29. The van der Waals surface area contributed by atoms with E-state index in [2.05, 4.69) is 4.98 Å². The van der Waals surface area contributed by atoms with Crippen LogP contribution in [0.15, 0.2) is 36.5 Å². The summed E-state index contributed by atoms with van der Waals surface area (Å²) in [5.41, 5.74) is 0.568.